The third-order valence-electron chi connectivity index (χ3n) is 3.92. The lowest BCUT2D eigenvalue weighted by molar-refractivity contribution is -0.118. The standard InChI is InChI=1S/C21H22N4O4/c1-2-13-28-17-7-9-18(10-8-17)29-14-20(26)23-15-3-5-16(6-4-15)25-12-11-19(24-25)21(22)27/h3-12H,2,13-14H2,1H3,(H2,22,27)(H,23,26). The van der Waals surface area contributed by atoms with Crippen LogP contribution >= 0.6 is 0 Å². The fourth-order valence-corrected chi connectivity index (χ4v) is 2.49. The summed E-state index contributed by atoms with van der Waals surface area (Å²) in [4.78, 5) is 23.2. The van der Waals surface area contributed by atoms with Crippen LogP contribution in [0.25, 0.3) is 5.69 Å². The number of primary amides is 1. The lowest BCUT2D eigenvalue weighted by Crippen LogP contribution is -2.20. The van der Waals surface area contributed by atoms with E-state index in [2.05, 4.69) is 10.4 Å². The number of nitrogens with zero attached hydrogens (tertiary/aromatic N) is 2. The van der Waals surface area contributed by atoms with Gasteiger partial charge in [-0.25, -0.2) is 4.68 Å². The Bertz CT molecular complexity index is 965. The van der Waals surface area contributed by atoms with Gasteiger partial charge in [0.25, 0.3) is 11.8 Å². The van der Waals surface area contributed by atoms with Gasteiger partial charge in [0, 0.05) is 11.9 Å². The Morgan fingerprint density at radius 1 is 1.00 bits per heavy atom. The van der Waals surface area contributed by atoms with Crippen molar-refractivity contribution in [1.82, 2.24) is 9.78 Å². The second-order valence-corrected chi connectivity index (χ2v) is 6.21. The van der Waals surface area contributed by atoms with Gasteiger partial charge in [0.2, 0.25) is 0 Å². The van der Waals surface area contributed by atoms with Gasteiger partial charge in [-0.1, -0.05) is 6.92 Å². The van der Waals surface area contributed by atoms with Crippen LogP contribution in [0.15, 0.2) is 60.8 Å². The molecule has 0 atom stereocenters. The Balaban J connectivity index is 1.50. The van der Waals surface area contributed by atoms with E-state index in [1.165, 1.54) is 10.7 Å². The summed E-state index contributed by atoms with van der Waals surface area (Å²) >= 11 is 0. The zero-order chi connectivity index (χ0) is 20.6. The lowest BCUT2D eigenvalue weighted by atomic mass is 10.3. The molecule has 0 aliphatic heterocycles. The minimum absolute atomic E-state index is 0.113. The quantitative estimate of drug-likeness (QED) is 0.580. The molecule has 29 heavy (non-hydrogen) atoms. The van der Waals surface area contributed by atoms with E-state index in [1.807, 2.05) is 6.92 Å². The number of hydrogen-bond donors (Lipinski definition) is 2. The highest BCUT2D eigenvalue weighted by molar-refractivity contribution is 5.92. The summed E-state index contributed by atoms with van der Waals surface area (Å²) in [6, 6.07) is 15.7. The topological polar surface area (TPSA) is 108 Å². The molecule has 3 aromatic rings. The molecule has 0 aliphatic rings. The minimum Gasteiger partial charge on any atom is -0.494 e. The summed E-state index contributed by atoms with van der Waals surface area (Å²) in [6.07, 6.45) is 2.58. The van der Waals surface area contributed by atoms with Crippen molar-refractivity contribution in [2.24, 2.45) is 5.73 Å². The van der Waals surface area contributed by atoms with Crippen LogP contribution in [0.5, 0.6) is 11.5 Å². The van der Waals surface area contributed by atoms with Crippen LogP contribution in [0.1, 0.15) is 23.8 Å². The van der Waals surface area contributed by atoms with E-state index >= 15 is 0 Å². The van der Waals surface area contributed by atoms with Crippen molar-refractivity contribution in [3.63, 3.8) is 0 Å². The van der Waals surface area contributed by atoms with Crippen LogP contribution in [0.3, 0.4) is 0 Å². The first-order valence-electron chi connectivity index (χ1n) is 9.16. The van der Waals surface area contributed by atoms with Crippen LogP contribution < -0.4 is 20.5 Å². The van der Waals surface area contributed by atoms with E-state index in [-0.39, 0.29) is 18.2 Å². The Labute approximate surface area is 168 Å². The number of aromatic nitrogens is 2. The number of nitrogens with two attached hydrogens (primary N) is 1. The molecule has 8 nitrogen and oxygen atoms in total. The Morgan fingerprint density at radius 3 is 2.24 bits per heavy atom. The maximum Gasteiger partial charge on any atom is 0.269 e. The van der Waals surface area contributed by atoms with Crippen molar-refractivity contribution in [2.75, 3.05) is 18.5 Å². The summed E-state index contributed by atoms with van der Waals surface area (Å²) in [5, 5.41) is 6.84. The maximum atomic E-state index is 12.1. The Kier molecular flexibility index (Phi) is 6.47. The van der Waals surface area contributed by atoms with Crippen LogP contribution in [-0.2, 0) is 4.79 Å². The minimum atomic E-state index is -0.587. The Hall–Kier alpha value is -3.81. The van der Waals surface area contributed by atoms with Crippen molar-refractivity contribution >= 4 is 17.5 Å². The summed E-state index contributed by atoms with van der Waals surface area (Å²) in [7, 11) is 0. The number of anilines is 1. The molecule has 1 heterocycles. The van der Waals surface area contributed by atoms with E-state index < -0.39 is 5.91 Å². The van der Waals surface area contributed by atoms with Crippen LogP contribution in [0.2, 0.25) is 0 Å². The average molecular weight is 394 g/mol. The monoisotopic (exact) mass is 394 g/mol. The number of amides is 2. The molecule has 8 heteroatoms. The van der Waals surface area contributed by atoms with Crippen LogP contribution in [0.4, 0.5) is 5.69 Å². The van der Waals surface area contributed by atoms with Crippen LogP contribution in [0, 0.1) is 0 Å². The van der Waals surface area contributed by atoms with Gasteiger partial charge in [0.15, 0.2) is 6.61 Å². The molecule has 0 fully saturated rings. The fraction of sp³-hybridized carbons (Fsp3) is 0.190. The summed E-state index contributed by atoms with van der Waals surface area (Å²) in [6.45, 7) is 2.59. The summed E-state index contributed by atoms with van der Waals surface area (Å²) in [5.41, 5.74) is 6.74. The van der Waals surface area contributed by atoms with Gasteiger partial charge < -0.3 is 20.5 Å². The number of carbonyl (C=O) groups is 2. The van der Waals surface area contributed by atoms with Crippen molar-refractivity contribution in [3.8, 4) is 17.2 Å². The summed E-state index contributed by atoms with van der Waals surface area (Å²) < 4.78 is 12.5. The van der Waals surface area contributed by atoms with Gasteiger partial charge in [0.05, 0.1) is 12.3 Å². The van der Waals surface area contributed by atoms with E-state index in [9.17, 15) is 9.59 Å². The van der Waals surface area contributed by atoms with Crippen molar-refractivity contribution in [2.45, 2.75) is 13.3 Å². The van der Waals surface area contributed by atoms with Gasteiger partial charge in [0.1, 0.15) is 17.2 Å². The largest absolute Gasteiger partial charge is 0.494 e. The second-order valence-electron chi connectivity index (χ2n) is 6.21. The Morgan fingerprint density at radius 2 is 1.66 bits per heavy atom. The number of carbonyl (C=O) groups excluding carboxylic acids is 2. The molecule has 0 saturated heterocycles. The first-order valence-corrected chi connectivity index (χ1v) is 9.16. The molecule has 0 aliphatic carbocycles. The van der Waals surface area contributed by atoms with Crippen molar-refractivity contribution < 1.29 is 19.1 Å². The first kappa shape index (κ1) is 19.9. The molecule has 3 rings (SSSR count). The molecule has 1 aromatic heterocycles. The van der Waals surface area contributed by atoms with Gasteiger partial charge in [-0.3, -0.25) is 9.59 Å². The second kappa shape index (κ2) is 9.41. The highest BCUT2D eigenvalue weighted by Crippen LogP contribution is 2.18. The number of ether oxygens (including phenoxy) is 2. The highest BCUT2D eigenvalue weighted by Gasteiger charge is 2.07. The van der Waals surface area contributed by atoms with Gasteiger partial charge >= 0.3 is 0 Å². The first-order chi connectivity index (χ1) is 14.0. The number of rotatable bonds is 9. The van der Waals surface area contributed by atoms with E-state index in [0.29, 0.717) is 18.0 Å². The molecular formula is C21H22N4O4. The lowest BCUT2D eigenvalue weighted by Gasteiger charge is -2.09. The van der Waals surface area contributed by atoms with Crippen molar-refractivity contribution in [1.29, 1.82) is 0 Å². The zero-order valence-electron chi connectivity index (χ0n) is 16.0. The molecule has 0 radical (unpaired) electrons. The third kappa shape index (κ3) is 5.58. The van der Waals surface area contributed by atoms with Gasteiger partial charge in [-0.05, 0) is 61.0 Å². The van der Waals surface area contributed by atoms with E-state index in [1.54, 1.807) is 54.7 Å². The number of benzene rings is 2. The molecule has 0 unspecified atom stereocenters. The van der Waals surface area contributed by atoms with E-state index in [0.717, 1.165) is 17.9 Å². The molecule has 0 spiro atoms. The highest BCUT2D eigenvalue weighted by atomic mass is 16.5. The molecule has 0 saturated carbocycles. The van der Waals surface area contributed by atoms with Gasteiger partial charge in [-0.15, -0.1) is 0 Å². The molecule has 2 aromatic carbocycles. The summed E-state index contributed by atoms with van der Waals surface area (Å²) in [5.74, 6) is 0.488. The third-order valence-corrected chi connectivity index (χ3v) is 3.92. The molecular weight excluding hydrogens is 372 g/mol. The number of nitrogens with one attached hydrogen (secondary N) is 1. The smallest absolute Gasteiger partial charge is 0.269 e. The predicted molar refractivity (Wildman–Crippen MR) is 108 cm³/mol. The molecule has 2 amide bonds. The fourth-order valence-electron chi connectivity index (χ4n) is 2.49. The predicted octanol–water partition coefficient (Wildman–Crippen LogP) is 2.78. The number of hydrogen-bond acceptors (Lipinski definition) is 5. The molecule has 3 N–H and O–H groups in total. The van der Waals surface area contributed by atoms with E-state index in [4.69, 9.17) is 15.2 Å². The van der Waals surface area contributed by atoms with Crippen molar-refractivity contribution in [3.05, 3.63) is 66.5 Å². The maximum absolute atomic E-state index is 12.1. The molecule has 150 valence electrons. The zero-order valence-corrected chi connectivity index (χ0v) is 16.0. The van der Waals surface area contributed by atoms with Crippen LogP contribution in [-0.4, -0.2) is 34.8 Å². The normalized spacial score (nSPS) is 10.4. The SMILES string of the molecule is CCCOc1ccc(OCC(=O)Nc2ccc(-n3ccc(C(N)=O)n3)cc2)cc1. The van der Waals surface area contributed by atoms with Gasteiger partial charge in [-0.2, -0.15) is 5.10 Å². The average Bonchev–Trinajstić information content (AvgIpc) is 3.23. The molecule has 0 bridgehead atoms.